The highest BCUT2D eigenvalue weighted by atomic mass is 16.5. The van der Waals surface area contributed by atoms with Crippen LogP contribution in [0, 0.1) is 12.3 Å². The third kappa shape index (κ3) is 2.37. The first-order chi connectivity index (χ1) is 7.83. The van der Waals surface area contributed by atoms with Crippen molar-refractivity contribution in [2.45, 2.75) is 31.9 Å². The Bertz CT molecular complexity index is 369. The van der Waals surface area contributed by atoms with E-state index in [1.807, 2.05) is 18.2 Å². The molecular formula is C14H17NO. The number of hydrogen-bond donors (Lipinski definition) is 1. The van der Waals surface area contributed by atoms with Gasteiger partial charge in [0.15, 0.2) is 0 Å². The molecule has 1 aliphatic heterocycles. The molecule has 16 heavy (non-hydrogen) atoms. The van der Waals surface area contributed by atoms with Gasteiger partial charge in [0, 0.05) is 13.0 Å². The Morgan fingerprint density at radius 3 is 3.06 bits per heavy atom. The van der Waals surface area contributed by atoms with E-state index in [-0.39, 0.29) is 12.1 Å². The molecule has 0 radical (unpaired) electrons. The Labute approximate surface area is 97.0 Å². The van der Waals surface area contributed by atoms with E-state index in [1.165, 1.54) is 5.56 Å². The molecule has 0 saturated carbocycles. The summed E-state index contributed by atoms with van der Waals surface area (Å²) in [7, 11) is 0. The van der Waals surface area contributed by atoms with Crippen LogP contribution >= 0.6 is 0 Å². The number of fused-ring (bicyclic) bond motifs is 1. The van der Waals surface area contributed by atoms with Crippen LogP contribution in [0.3, 0.4) is 0 Å². The molecule has 2 nitrogen and oxygen atoms in total. The van der Waals surface area contributed by atoms with Gasteiger partial charge in [-0.25, -0.2) is 0 Å². The number of rotatable bonds is 4. The molecule has 2 heteroatoms. The van der Waals surface area contributed by atoms with Crippen LogP contribution in [-0.4, -0.2) is 18.7 Å². The van der Waals surface area contributed by atoms with Crippen LogP contribution in [0.15, 0.2) is 24.3 Å². The largest absolute Gasteiger partial charge is 0.488 e. The molecule has 1 N–H and O–H groups in total. The molecule has 1 aromatic carbocycles. The predicted molar refractivity (Wildman–Crippen MR) is 65.5 cm³/mol. The quantitative estimate of drug-likeness (QED) is 0.776. The summed E-state index contributed by atoms with van der Waals surface area (Å²) in [5.41, 5.74) is 1.29. The Kier molecular flexibility index (Phi) is 3.48. The molecule has 0 aliphatic carbocycles. The van der Waals surface area contributed by atoms with Crippen molar-refractivity contribution >= 4 is 0 Å². The third-order valence-corrected chi connectivity index (χ3v) is 2.92. The normalized spacial score (nSPS) is 19.6. The first kappa shape index (κ1) is 11.0. The summed E-state index contributed by atoms with van der Waals surface area (Å²) in [6.45, 7) is 2.90. The fourth-order valence-corrected chi connectivity index (χ4v) is 1.96. The highest BCUT2D eigenvalue weighted by Crippen LogP contribution is 2.27. The van der Waals surface area contributed by atoms with Crippen LogP contribution in [0.4, 0.5) is 0 Å². The molecule has 2 unspecified atom stereocenters. The van der Waals surface area contributed by atoms with Crippen molar-refractivity contribution in [3.05, 3.63) is 29.8 Å². The van der Waals surface area contributed by atoms with Crippen molar-refractivity contribution in [3.63, 3.8) is 0 Å². The zero-order valence-electron chi connectivity index (χ0n) is 9.57. The van der Waals surface area contributed by atoms with Crippen LogP contribution in [0.25, 0.3) is 0 Å². The summed E-state index contributed by atoms with van der Waals surface area (Å²) in [6, 6.07) is 8.35. The zero-order chi connectivity index (χ0) is 11.4. The van der Waals surface area contributed by atoms with Gasteiger partial charge < -0.3 is 4.74 Å². The molecule has 1 aliphatic rings. The molecule has 0 spiro atoms. The number of terminal acetylenes is 1. The first-order valence-electron chi connectivity index (χ1n) is 5.77. The van der Waals surface area contributed by atoms with Crippen LogP contribution in [0.1, 0.15) is 18.9 Å². The maximum absolute atomic E-state index is 5.82. The van der Waals surface area contributed by atoms with E-state index in [0.29, 0.717) is 0 Å². The van der Waals surface area contributed by atoms with Gasteiger partial charge in [0.05, 0.1) is 6.04 Å². The summed E-state index contributed by atoms with van der Waals surface area (Å²) in [6.07, 6.45) is 7.55. The third-order valence-electron chi connectivity index (χ3n) is 2.92. The van der Waals surface area contributed by atoms with E-state index < -0.39 is 0 Å². The number of benzene rings is 1. The van der Waals surface area contributed by atoms with Crippen LogP contribution in [-0.2, 0) is 6.42 Å². The standard InChI is InChI=1S/C14H17NO/c1-3-12(4-2)15-10-13-9-11-7-5-6-8-14(11)16-13/h1,5-8,12-13,15H,4,9-10H2,2H3. The van der Waals surface area contributed by atoms with Gasteiger partial charge in [-0.1, -0.05) is 31.0 Å². The maximum Gasteiger partial charge on any atom is 0.123 e. The zero-order valence-corrected chi connectivity index (χ0v) is 9.57. The first-order valence-corrected chi connectivity index (χ1v) is 5.77. The van der Waals surface area contributed by atoms with Gasteiger partial charge in [-0.15, -0.1) is 6.42 Å². The molecule has 1 aromatic rings. The van der Waals surface area contributed by atoms with Crippen LogP contribution < -0.4 is 10.1 Å². The summed E-state index contributed by atoms with van der Waals surface area (Å²) in [5.74, 6) is 3.75. The van der Waals surface area contributed by atoms with Gasteiger partial charge in [-0.3, -0.25) is 5.32 Å². The molecule has 0 saturated heterocycles. The SMILES string of the molecule is C#CC(CC)NCC1Cc2ccccc2O1. The number of hydrogen-bond acceptors (Lipinski definition) is 2. The maximum atomic E-state index is 5.82. The molecule has 0 amide bonds. The molecule has 1 heterocycles. The molecule has 2 atom stereocenters. The van der Waals surface area contributed by atoms with Crippen LogP contribution in [0.2, 0.25) is 0 Å². The number of ether oxygens (including phenoxy) is 1. The lowest BCUT2D eigenvalue weighted by molar-refractivity contribution is 0.224. The predicted octanol–water partition coefficient (Wildman–Crippen LogP) is 1.99. The topological polar surface area (TPSA) is 21.3 Å². The van der Waals surface area contributed by atoms with Gasteiger partial charge in [-0.2, -0.15) is 0 Å². The van der Waals surface area contributed by atoms with E-state index >= 15 is 0 Å². The number of para-hydroxylation sites is 1. The fourth-order valence-electron chi connectivity index (χ4n) is 1.96. The van der Waals surface area contributed by atoms with E-state index in [4.69, 9.17) is 11.2 Å². The Morgan fingerprint density at radius 1 is 1.56 bits per heavy atom. The number of nitrogens with one attached hydrogen (secondary N) is 1. The summed E-state index contributed by atoms with van der Waals surface area (Å²) < 4.78 is 5.82. The molecular weight excluding hydrogens is 198 g/mol. The second-order valence-corrected chi connectivity index (χ2v) is 4.09. The molecule has 2 rings (SSSR count). The summed E-state index contributed by atoms with van der Waals surface area (Å²) >= 11 is 0. The average molecular weight is 215 g/mol. The molecule has 0 fully saturated rings. The minimum atomic E-state index is 0.160. The molecule has 0 bridgehead atoms. The second kappa shape index (κ2) is 5.05. The van der Waals surface area contributed by atoms with Crippen molar-refractivity contribution in [2.75, 3.05) is 6.54 Å². The molecule has 84 valence electrons. The van der Waals surface area contributed by atoms with Gasteiger partial charge in [0.25, 0.3) is 0 Å². The Hall–Kier alpha value is -1.46. The monoisotopic (exact) mass is 215 g/mol. The van der Waals surface area contributed by atoms with E-state index in [1.54, 1.807) is 0 Å². The minimum absolute atomic E-state index is 0.160. The summed E-state index contributed by atoms with van der Waals surface area (Å²) in [4.78, 5) is 0. The highest BCUT2D eigenvalue weighted by Gasteiger charge is 2.22. The molecule has 0 aromatic heterocycles. The summed E-state index contributed by atoms with van der Waals surface area (Å²) in [5, 5.41) is 3.33. The lowest BCUT2D eigenvalue weighted by atomic mass is 10.1. The van der Waals surface area contributed by atoms with Crippen molar-refractivity contribution in [3.8, 4) is 18.1 Å². The lowest BCUT2D eigenvalue weighted by Gasteiger charge is -2.15. The fraction of sp³-hybridized carbons (Fsp3) is 0.429. The van der Waals surface area contributed by atoms with Gasteiger partial charge in [0.1, 0.15) is 11.9 Å². The van der Waals surface area contributed by atoms with E-state index in [2.05, 4.69) is 24.2 Å². The lowest BCUT2D eigenvalue weighted by Crippen LogP contribution is -2.36. The van der Waals surface area contributed by atoms with Crippen LogP contribution in [0.5, 0.6) is 5.75 Å². The van der Waals surface area contributed by atoms with Crippen molar-refractivity contribution < 1.29 is 4.74 Å². The van der Waals surface area contributed by atoms with E-state index in [9.17, 15) is 0 Å². The minimum Gasteiger partial charge on any atom is -0.488 e. The van der Waals surface area contributed by atoms with Gasteiger partial charge in [-0.05, 0) is 18.1 Å². The Balaban J connectivity index is 1.86. The van der Waals surface area contributed by atoms with Gasteiger partial charge >= 0.3 is 0 Å². The van der Waals surface area contributed by atoms with Crippen molar-refractivity contribution in [2.24, 2.45) is 0 Å². The van der Waals surface area contributed by atoms with Gasteiger partial charge in [0.2, 0.25) is 0 Å². The van der Waals surface area contributed by atoms with E-state index in [0.717, 1.165) is 25.1 Å². The van der Waals surface area contributed by atoms with Crippen molar-refractivity contribution in [1.82, 2.24) is 5.32 Å². The van der Waals surface area contributed by atoms with Crippen molar-refractivity contribution in [1.29, 1.82) is 0 Å². The smallest absolute Gasteiger partial charge is 0.123 e. The Morgan fingerprint density at radius 2 is 2.38 bits per heavy atom. The second-order valence-electron chi connectivity index (χ2n) is 4.09. The highest BCUT2D eigenvalue weighted by molar-refractivity contribution is 5.37. The average Bonchev–Trinajstić information content (AvgIpc) is 2.73.